The van der Waals surface area contributed by atoms with Crippen molar-refractivity contribution in [2.24, 2.45) is 0 Å². The Morgan fingerprint density at radius 2 is 1.85 bits per heavy atom. The van der Waals surface area contributed by atoms with Crippen LogP contribution in [0.5, 0.6) is 0 Å². The number of alkyl halides is 3. The minimum Gasteiger partial charge on any atom is -0.450 e. The van der Waals surface area contributed by atoms with Gasteiger partial charge in [0.2, 0.25) is 11.8 Å². The molecular weight excluding hydrogens is 611 g/mol. The number of piperazine rings is 1. The van der Waals surface area contributed by atoms with E-state index in [0.717, 1.165) is 23.9 Å². The topological polar surface area (TPSA) is 147 Å². The second-order valence-electron chi connectivity index (χ2n) is 10.6. The SMILES string of the molecule is C=CC(=O)NCC(=O)N1CCN(Cc2cc3c(N4CCOCC4)nc(-c4cnc(NC(=O)OCC)cc4C(F)(F)F)nn3c2)CC1. The lowest BCUT2D eigenvalue weighted by molar-refractivity contribution is -0.137. The van der Waals surface area contributed by atoms with E-state index in [0.29, 0.717) is 70.4 Å². The molecule has 0 atom stereocenters. The number of pyridine rings is 1. The molecule has 2 N–H and O–H groups in total. The third-order valence-electron chi connectivity index (χ3n) is 7.50. The molecule has 2 saturated heterocycles. The normalized spacial score (nSPS) is 15.9. The molecule has 3 amide bonds. The lowest BCUT2D eigenvalue weighted by atomic mass is 10.1. The average Bonchev–Trinajstić information content (AvgIpc) is 3.45. The molecule has 14 nitrogen and oxygen atoms in total. The molecule has 5 rings (SSSR count). The van der Waals surface area contributed by atoms with Crippen LogP contribution in [0.15, 0.2) is 37.2 Å². The molecule has 246 valence electrons. The first-order chi connectivity index (χ1) is 22.0. The summed E-state index contributed by atoms with van der Waals surface area (Å²) in [7, 11) is 0. The number of anilines is 2. The van der Waals surface area contributed by atoms with Crippen molar-refractivity contribution in [3.8, 4) is 11.4 Å². The van der Waals surface area contributed by atoms with Gasteiger partial charge in [-0.3, -0.25) is 19.8 Å². The van der Waals surface area contributed by atoms with Crippen molar-refractivity contribution in [2.75, 3.05) is 75.9 Å². The van der Waals surface area contributed by atoms with Gasteiger partial charge in [0.05, 0.1) is 37.5 Å². The maximum Gasteiger partial charge on any atom is 0.417 e. The molecule has 2 aliphatic heterocycles. The molecule has 0 aliphatic carbocycles. The van der Waals surface area contributed by atoms with Crippen LogP contribution < -0.4 is 15.5 Å². The fraction of sp³-hybridized carbons (Fsp3) is 0.448. The predicted molar refractivity (Wildman–Crippen MR) is 160 cm³/mol. The number of carbonyl (C=O) groups excluding carboxylic acids is 3. The van der Waals surface area contributed by atoms with Crippen molar-refractivity contribution in [1.82, 2.24) is 34.7 Å². The first kappa shape index (κ1) is 32.6. The van der Waals surface area contributed by atoms with E-state index in [1.54, 1.807) is 18.0 Å². The van der Waals surface area contributed by atoms with Gasteiger partial charge in [0.15, 0.2) is 11.6 Å². The van der Waals surface area contributed by atoms with Crippen LogP contribution >= 0.6 is 0 Å². The molecule has 17 heteroatoms. The predicted octanol–water partition coefficient (Wildman–Crippen LogP) is 2.16. The first-order valence-electron chi connectivity index (χ1n) is 14.7. The van der Waals surface area contributed by atoms with E-state index in [2.05, 4.69) is 37.2 Å². The van der Waals surface area contributed by atoms with E-state index in [9.17, 15) is 27.6 Å². The number of morpholine rings is 1. The molecular formula is C29H34F3N9O5. The highest BCUT2D eigenvalue weighted by Gasteiger charge is 2.36. The molecule has 0 spiro atoms. The lowest BCUT2D eigenvalue weighted by Gasteiger charge is -2.34. The quantitative estimate of drug-likeness (QED) is 0.332. The molecule has 0 saturated carbocycles. The highest BCUT2D eigenvalue weighted by molar-refractivity contribution is 5.90. The fourth-order valence-corrected chi connectivity index (χ4v) is 5.21. The second kappa shape index (κ2) is 14.1. The number of aromatic nitrogens is 4. The van der Waals surface area contributed by atoms with Crippen molar-refractivity contribution >= 4 is 35.1 Å². The number of fused-ring (bicyclic) bond motifs is 1. The molecule has 2 aliphatic rings. The van der Waals surface area contributed by atoms with Crippen molar-refractivity contribution in [3.05, 3.63) is 48.3 Å². The summed E-state index contributed by atoms with van der Waals surface area (Å²) in [5.74, 6) is -0.646. The number of nitrogens with one attached hydrogen (secondary N) is 2. The zero-order valence-electron chi connectivity index (χ0n) is 25.2. The van der Waals surface area contributed by atoms with Gasteiger partial charge in [-0.15, -0.1) is 5.10 Å². The van der Waals surface area contributed by atoms with Gasteiger partial charge in [-0.2, -0.15) is 13.2 Å². The minimum absolute atomic E-state index is 0.0419. The number of ether oxygens (including phenoxy) is 2. The van der Waals surface area contributed by atoms with Crippen LogP contribution in [0.1, 0.15) is 18.1 Å². The Hall–Kier alpha value is -4.77. The zero-order chi connectivity index (χ0) is 32.8. The number of amides is 3. The Morgan fingerprint density at radius 1 is 1.11 bits per heavy atom. The highest BCUT2D eigenvalue weighted by atomic mass is 19.4. The largest absolute Gasteiger partial charge is 0.450 e. The third kappa shape index (κ3) is 7.71. The fourth-order valence-electron chi connectivity index (χ4n) is 5.21. The van der Waals surface area contributed by atoms with Crippen LogP contribution in [0.25, 0.3) is 16.9 Å². The Kier molecular flexibility index (Phi) is 10.0. The van der Waals surface area contributed by atoms with Crippen molar-refractivity contribution in [3.63, 3.8) is 0 Å². The van der Waals surface area contributed by atoms with Gasteiger partial charge in [-0.25, -0.2) is 19.3 Å². The van der Waals surface area contributed by atoms with Crippen molar-refractivity contribution in [2.45, 2.75) is 19.6 Å². The number of hydrogen-bond donors (Lipinski definition) is 2. The first-order valence-corrected chi connectivity index (χ1v) is 14.7. The summed E-state index contributed by atoms with van der Waals surface area (Å²) in [5.41, 5.74) is 0.0701. The summed E-state index contributed by atoms with van der Waals surface area (Å²) >= 11 is 0. The van der Waals surface area contributed by atoms with E-state index in [4.69, 9.17) is 9.47 Å². The summed E-state index contributed by atoms with van der Waals surface area (Å²) in [4.78, 5) is 50.0. The van der Waals surface area contributed by atoms with Crippen LogP contribution in [0.3, 0.4) is 0 Å². The molecule has 46 heavy (non-hydrogen) atoms. The van der Waals surface area contributed by atoms with E-state index in [1.807, 2.05) is 11.0 Å². The van der Waals surface area contributed by atoms with Gasteiger partial charge in [0.25, 0.3) is 0 Å². The van der Waals surface area contributed by atoms with Crippen molar-refractivity contribution < 1.29 is 37.0 Å². The van der Waals surface area contributed by atoms with Crippen LogP contribution in [-0.4, -0.2) is 113 Å². The lowest BCUT2D eigenvalue weighted by Crippen LogP contribution is -2.50. The Balaban J connectivity index is 1.41. The van der Waals surface area contributed by atoms with Gasteiger partial charge in [-0.1, -0.05) is 6.58 Å². The molecule has 0 aromatic carbocycles. The maximum absolute atomic E-state index is 14.3. The Morgan fingerprint density at radius 3 is 2.52 bits per heavy atom. The summed E-state index contributed by atoms with van der Waals surface area (Å²) in [6.07, 6.45) is -1.87. The van der Waals surface area contributed by atoms with E-state index in [-0.39, 0.29) is 36.3 Å². The van der Waals surface area contributed by atoms with E-state index < -0.39 is 23.7 Å². The molecule has 0 bridgehead atoms. The summed E-state index contributed by atoms with van der Waals surface area (Å²) in [5, 5.41) is 9.17. The van der Waals surface area contributed by atoms with E-state index >= 15 is 0 Å². The second-order valence-corrected chi connectivity index (χ2v) is 10.6. The number of rotatable bonds is 9. The third-order valence-corrected chi connectivity index (χ3v) is 7.50. The molecule has 5 heterocycles. The molecule has 0 radical (unpaired) electrons. The van der Waals surface area contributed by atoms with E-state index in [1.165, 1.54) is 4.52 Å². The zero-order valence-corrected chi connectivity index (χ0v) is 25.2. The smallest absolute Gasteiger partial charge is 0.417 e. The van der Waals surface area contributed by atoms with Crippen LogP contribution in [0, 0.1) is 0 Å². The number of halogens is 3. The van der Waals surface area contributed by atoms with Gasteiger partial charge in [0.1, 0.15) is 11.3 Å². The van der Waals surface area contributed by atoms with Gasteiger partial charge < -0.3 is 24.6 Å². The van der Waals surface area contributed by atoms with Gasteiger partial charge >= 0.3 is 12.3 Å². The number of nitrogens with zero attached hydrogens (tertiary/aromatic N) is 7. The molecule has 2 fully saturated rings. The highest BCUT2D eigenvalue weighted by Crippen LogP contribution is 2.38. The number of hydrogen-bond acceptors (Lipinski definition) is 10. The van der Waals surface area contributed by atoms with Crippen LogP contribution in [0.4, 0.5) is 29.6 Å². The maximum atomic E-state index is 14.3. The molecule has 0 unspecified atom stereocenters. The van der Waals surface area contributed by atoms with Gasteiger partial charge in [0, 0.05) is 58.2 Å². The molecule has 3 aromatic heterocycles. The van der Waals surface area contributed by atoms with Crippen LogP contribution in [0.2, 0.25) is 0 Å². The standard InChI is InChI=1S/C29H34F3N9O5/c1-3-24(42)34-16-25(43)39-7-5-38(6-8-39)17-19-13-22-27(40-9-11-45-12-10-40)36-26(37-41(22)18-19)20-15-33-23(35-28(44)46-4-2)14-21(20)29(30,31)32/h3,13-15,18H,1,4-12,16-17H2,2H3,(H,34,42)(H,33,35,44). The van der Waals surface area contributed by atoms with Gasteiger partial charge in [-0.05, 0) is 30.7 Å². The number of carbonyl (C=O) groups is 3. The Labute approximate surface area is 262 Å². The summed E-state index contributed by atoms with van der Waals surface area (Å²) < 4.78 is 54.6. The minimum atomic E-state index is -4.80. The Bertz CT molecular complexity index is 1600. The summed E-state index contributed by atoms with van der Waals surface area (Å²) in [6.45, 7) is 9.39. The van der Waals surface area contributed by atoms with Crippen molar-refractivity contribution in [1.29, 1.82) is 0 Å². The average molecular weight is 646 g/mol. The molecule has 3 aromatic rings. The monoisotopic (exact) mass is 645 g/mol. The summed E-state index contributed by atoms with van der Waals surface area (Å²) in [6, 6.07) is 2.64. The van der Waals surface area contributed by atoms with Crippen LogP contribution in [-0.2, 0) is 31.8 Å².